The summed E-state index contributed by atoms with van der Waals surface area (Å²) in [6.07, 6.45) is 5.65. The molecule has 0 unspecified atom stereocenters. The number of carbonyl (C=O) groups is 2. The van der Waals surface area contributed by atoms with E-state index in [2.05, 4.69) is 23.5 Å². The minimum absolute atomic E-state index is 0.0286. The SMILES string of the molecule is Cc1cc(C(=O)COC(=O)C2C[C@H]3CCC[C@H](C2)C32SCCS2)c(C)n1C. The fraction of sp³-hybridized carbons (Fsp3) is 0.714. The molecule has 2 saturated carbocycles. The van der Waals surface area contributed by atoms with E-state index in [1.54, 1.807) is 0 Å². The summed E-state index contributed by atoms with van der Waals surface area (Å²) in [6.45, 7) is 3.77. The van der Waals surface area contributed by atoms with E-state index in [9.17, 15) is 9.59 Å². The predicted molar refractivity (Wildman–Crippen MR) is 111 cm³/mol. The van der Waals surface area contributed by atoms with Gasteiger partial charge in [0.1, 0.15) is 0 Å². The van der Waals surface area contributed by atoms with Crippen molar-refractivity contribution in [3.05, 3.63) is 23.0 Å². The van der Waals surface area contributed by atoms with Crippen LogP contribution in [0.3, 0.4) is 0 Å². The highest BCUT2D eigenvalue weighted by Gasteiger charge is 2.55. The zero-order valence-corrected chi connectivity index (χ0v) is 18.1. The molecule has 2 atom stereocenters. The van der Waals surface area contributed by atoms with Gasteiger partial charge in [-0.3, -0.25) is 9.59 Å². The molecule has 4 nitrogen and oxygen atoms in total. The Hall–Kier alpha value is -0.880. The van der Waals surface area contributed by atoms with Crippen molar-refractivity contribution in [1.29, 1.82) is 0 Å². The highest BCUT2D eigenvalue weighted by Crippen LogP contribution is 2.64. The van der Waals surface area contributed by atoms with Gasteiger partial charge in [0.05, 0.1) is 10.00 Å². The van der Waals surface area contributed by atoms with Crippen LogP contribution in [0.4, 0.5) is 0 Å². The Balaban J connectivity index is 1.38. The van der Waals surface area contributed by atoms with Crippen LogP contribution >= 0.6 is 23.5 Å². The summed E-state index contributed by atoms with van der Waals surface area (Å²) in [4.78, 5) is 25.3. The first-order valence-electron chi connectivity index (χ1n) is 10.0. The number of ether oxygens (including phenoxy) is 1. The molecule has 1 aromatic heterocycles. The fourth-order valence-corrected chi connectivity index (χ4v) is 9.21. The number of ketones is 1. The molecule has 0 N–H and O–H groups in total. The van der Waals surface area contributed by atoms with Gasteiger partial charge < -0.3 is 9.30 Å². The van der Waals surface area contributed by atoms with Gasteiger partial charge >= 0.3 is 5.97 Å². The molecular weight excluding hydrogens is 378 g/mol. The van der Waals surface area contributed by atoms with Gasteiger partial charge in [0.25, 0.3) is 0 Å². The van der Waals surface area contributed by atoms with Crippen molar-refractivity contribution in [3.63, 3.8) is 0 Å². The van der Waals surface area contributed by atoms with Crippen LogP contribution in [-0.4, -0.2) is 38.5 Å². The second-order valence-corrected chi connectivity index (χ2v) is 11.3. The van der Waals surface area contributed by atoms with E-state index < -0.39 is 0 Å². The molecule has 0 aromatic carbocycles. The Kier molecular flexibility index (Phi) is 5.40. The highest BCUT2D eigenvalue weighted by molar-refractivity contribution is 8.21. The average Bonchev–Trinajstić information content (AvgIpc) is 3.20. The molecule has 1 spiro atoms. The number of carbonyl (C=O) groups excluding carboxylic acids is 2. The third kappa shape index (κ3) is 3.37. The van der Waals surface area contributed by atoms with Gasteiger partial charge in [-0.15, -0.1) is 23.5 Å². The summed E-state index contributed by atoms with van der Waals surface area (Å²) >= 11 is 4.29. The Labute approximate surface area is 170 Å². The largest absolute Gasteiger partial charge is 0.457 e. The second-order valence-electron chi connectivity index (χ2n) is 8.29. The van der Waals surface area contributed by atoms with E-state index in [0.717, 1.165) is 24.2 Å². The van der Waals surface area contributed by atoms with Crippen molar-refractivity contribution in [1.82, 2.24) is 4.57 Å². The molecule has 6 heteroatoms. The van der Waals surface area contributed by atoms with Crippen molar-refractivity contribution in [2.45, 2.75) is 50.0 Å². The smallest absolute Gasteiger partial charge is 0.309 e. The van der Waals surface area contributed by atoms with Crippen molar-refractivity contribution >= 4 is 35.3 Å². The van der Waals surface area contributed by atoms with E-state index >= 15 is 0 Å². The first-order valence-corrected chi connectivity index (χ1v) is 12.0. The lowest BCUT2D eigenvalue weighted by atomic mass is 9.67. The molecule has 2 aliphatic carbocycles. The molecule has 0 amide bonds. The number of hydrogen-bond donors (Lipinski definition) is 0. The molecular formula is C21H29NO3S2. The zero-order chi connectivity index (χ0) is 19.2. The van der Waals surface area contributed by atoms with E-state index in [4.69, 9.17) is 4.74 Å². The number of rotatable bonds is 4. The van der Waals surface area contributed by atoms with E-state index in [0.29, 0.717) is 21.5 Å². The van der Waals surface area contributed by atoms with Crippen LogP contribution in [0.2, 0.25) is 0 Å². The van der Waals surface area contributed by atoms with Gasteiger partial charge in [0.2, 0.25) is 5.78 Å². The standard InChI is InChI=1S/C21H29NO3S2/c1-13-9-18(14(2)22(13)3)19(23)12-25-20(24)15-10-16-5-4-6-17(11-15)21(16)26-7-8-27-21/h9,15-17H,4-8,10-12H2,1-3H3/t16-,17-/m1/s1. The number of Topliss-reactive ketones (excluding diaryl/α,β-unsaturated/α-hetero) is 1. The van der Waals surface area contributed by atoms with Crippen molar-refractivity contribution in [2.75, 3.05) is 18.1 Å². The van der Waals surface area contributed by atoms with Crippen LogP contribution in [0.15, 0.2) is 6.07 Å². The molecule has 1 aliphatic heterocycles. The molecule has 3 fully saturated rings. The summed E-state index contributed by atoms with van der Waals surface area (Å²) in [7, 11) is 1.95. The number of esters is 1. The average molecular weight is 408 g/mol. The summed E-state index contributed by atoms with van der Waals surface area (Å²) in [5.74, 6) is 3.45. The first kappa shape index (κ1) is 19.4. The van der Waals surface area contributed by atoms with Crippen LogP contribution in [0.1, 0.15) is 53.8 Å². The topological polar surface area (TPSA) is 48.3 Å². The Morgan fingerprint density at radius 1 is 1.19 bits per heavy atom. The third-order valence-corrected chi connectivity index (χ3v) is 10.9. The number of aryl methyl sites for hydroxylation is 1. The molecule has 1 saturated heterocycles. The number of aromatic nitrogens is 1. The lowest BCUT2D eigenvalue weighted by molar-refractivity contribution is -0.150. The minimum atomic E-state index is -0.159. The molecule has 2 bridgehead atoms. The number of thioether (sulfide) groups is 2. The molecule has 4 rings (SSSR count). The molecule has 3 aliphatic rings. The van der Waals surface area contributed by atoms with Crippen molar-refractivity contribution in [2.24, 2.45) is 24.8 Å². The van der Waals surface area contributed by atoms with Crippen LogP contribution in [0.5, 0.6) is 0 Å². The van der Waals surface area contributed by atoms with Crippen molar-refractivity contribution < 1.29 is 14.3 Å². The van der Waals surface area contributed by atoms with Gasteiger partial charge in [-0.25, -0.2) is 0 Å². The summed E-state index contributed by atoms with van der Waals surface area (Å²) in [5, 5.41) is 0. The quantitative estimate of drug-likeness (QED) is 0.548. The minimum Gasteiger partial charge on any atom is -0.457 e. The number of hydrogen-bond acceptors (Lipinski definition) is 5. The fourth-order valence-electron chi connectivity index (χ4n) is 5.27. The third-order valence-electron chi connectivity index (χ3n) is 6.87. The van der Waals surface area contributed by atoms with E-state index in [1.165, 1.54) is 30.8 Å². The Morgan fingerprint density at radius 3 is 2.37 bits per heavy atom. The normalized spacial score (nSPS) is 29.1. The van der Waals surface area contributed by atoms with Gasteiger partial charge in [-0.2, -0.15) is 0 Å². The van der Waals surface area contributed by atoms with E-state index in [1.807, 2.05) is 31.5 Å². The van der Waals surface area contributed by atoms with Gasteiger partial charge in [0.15, 0.2) is 6.61 Å². The van der Waals surface area contributed by atoms with Gasteiger partial charge in [0, 0.05) is 35.5 Å². The predicted octanol–water partition coefficient (Wildman–Crippen LogP) is 4.37. The molecule has 1 aromatic rings. The zero-order valence-electron chi connectivity index (χ0n) is 16.5. The highest BCUT2D eigenvalue weighted by atomic mass is 32.2. The van der Waals surface area contributed by atoms with Gasteiger partial charge in [-0.1, -0.05) is 6.42 Å². The van der Waals surface area contributed by atoms with Crippen LogP contribution in [0, 0.1) is 31.6 Å². The molecule has 2 heterocycles. The lowest BCUT2D eigenvalue weighted by Gasteiger charge is -2.51. The second kappa shape index (κ2) is 7.51. The van der Waals surface area contributed by atoms with Crippen LogP contribution < -0.4 is 0 Å². The summed E-state index contributed by atoms with van der Waals surface area (Å²) in [6, 6.07) is 1.88. The maximum Gasteiger partial charge on any atom is 0.309 e. The maximum atomic E-state index is 12.7. The first-order chi connectivity index (χ1) is 12.9. The van der Waals surface area contributed by atoms with Gasteiger partial charge in [-0.05, 0) is 57.4 Å². The molecule has 148 valence electrons. The summed E-state index contributed by atoms with van der Waals surface area (Å²) < 4.78 is 7.87. The molecule has 0 radical (unpaired) electrons. The van der Waals surface area contributed by atoms with Crippen LogP contribution in [0.25, 0.3) is 0 Å². The van der Waals surface area contributed by atoms with Crippen molar-refractivity contribution in [3.8, 4) is 0 Å². The maximum absolute atomic E-state index is 12.7. The summed E-state index contributed by atoms with van der Waals surface area (Å²) in [5.41, 5.74) is 2.64. The van der Waals surface area contributed by atoms with E-state index in [-0.39, 0.29) is 24.3 Å². The van der Waals surface area contributed by atoms with Crippen LogP contribution in [-0.2, 0) is 16.6 Å². The molecule has 27 heavy (non-hydrogen) atoms. The monoisotopic (exact) mass is 407 g/mol. The lowest BCUT2D eigenvalue weighted by Crippen LogP contribution is -2.48. The Morgan fingerprint density at radius 2 is 1.81 bits per heavy atom. The number of nitrogens with zero attached hydrogens (tertiary/aromatic N) is 1. The Bertz CT molecular complexity index is 735.